The van der Waals surface area contributed by atoms with Gasteiger partial charge in [0.05, 0.1) is 0 Å². The molecule has 2 nitrogen and oxygen atoms in total. The van der Waals surface area contributed by atoms with Gasteiger partial charge in [0.2, 0.25) is 0 Å². The van der Waals surface area contributed by atoms with Crippen molar-refractivity contribution in [3.63, 3.8) is 0 Å². The number of hydrogen-bond donors (Lipinski definition) is 0. The summed E-state index contributed by atoms with van der Waals surface area (Å²) in [5, 5.41) is 7.07. The van der Waals surface area contributed by atoms with Crippen LogP contribution in [0.2, 0.25) is 0 Å². The molecule has 3 atom stereocenters. The van der Waals surface area contributed by atoms with Crippen LogP contribution in [-0.4, -0.2) is 0 Å². The molecule has 3 aliphatic carbocycles. The summed E-state index contributed by atoms with van der Waals surface area (Å²) in [5.74, 6) is 1.07. The number of benzene rings is 7. The molecule has 66 heavy (non-hydrogen) atoms. The Morgan fingerprint density at radius 1 is 0.652 bits per heavy atom. The first-order chi connectivity index (χ1) is 32.6. The molecule has 1 heterocycles. The summed E-state index contributed by atoms with van der Waals surface area (Å²) in [4.78, 5) is 2.25. The number of rotatable bonds is 11. The Labute approximate surface area is 387 Å². The zero-order valence-corrected chi connectivity index (χ0v) is 36.8. The Morgan fingerprint density at radius 3 is 2.27 bits per heavy atom. The Hall–Kier alpha value is -8.20. The molecule has 8 aromatic rings. The van der Waals surface area contributed by atoms with Gasteiger partial charge in [-0.3, -0.25) is 0 Å². The molecule has 0 amide bonds. The van der Waals surface area contributed by atoms with Gasteiger partial charge < -0.3 is 9.32 Å². The van der Waals surface area contributed by atoms with E-state index in [9.17, 15) is 0 Å². The zero-order chi connectivity index (χ0) is 44.4. The van der Waals surface area contributed by atoms with Gasteiger partial charge in [0.1, 0.15) is 11.2 Å². The minimum Gasteiger partial charge on any atom is -0.455 e. The fourth-order valence-corrected chi connectivity index (χ4v) is 10.1. The first-order valence-corrected chi connectivity index (χ1v) is 22.9. The van der Waals surface area contributed by atoms with Gasteiger partial charge in [-0.2, -0.15) is 0 Å². The molecule has 7 aromatic carbocycles. The largest absolute Gasteiger partial charge is 0.455 e. The van der Waals surface area contributed by atoms with Crippen LogP contribution in [-0.2, 0) is 0 Å². The minimum atomic E-state index is 0.318. The molecule has 0 aliphatic heterocycles. The predicted octanol–water partition coefficient (Wildman–Crippen LogP) is 17.3. The molecule has 0 saturated heterocycles. The van der Waals surface area contributed by atoms with Crippen LogP contribution in [0.3, 0.4) is 0 Å². The maximum atomic E-state index is 6.49. The van der Waals surface area contributed by atoms with E-state index >= 15 is 0 Å². The fraction of sp³-hybridized carbons (Fsp3) is 0.0625. The monoisotopic (exact) mass is 847 g/mol. The van der Waals surface area contributed by atoms with E-state index in [-0.39, 0.29) is 0 Å². The lowest BCUT2D eigenvalue weighted by atomic mass is 9.75. The second-order valence-corrected chi connectivity index (χ2v) is 17.2. The second-order valence-electron chi connectivity index (χ2n) is 17.2. The highest BCUT2D eigenvalue weighted by molar-refractivity contribution is 6.15. The van der Waals surface area contributed by atoms with Gasteiger partial charge in [-0.15, -0.1) is 0 Å². The van der Waals surface area contributed by atoms with E-state index < -0.39 is 0 Å². The molecule has 0 spiro atoms. The van der Waals surface area contributed by atoms with Crippen LogP contribution in [0, 0.1) is 5.92 Å². The molecule has 2 heteroatoms. The Balaban J connectivity index is 0.962. The van der Waals surface area contributed by atoms with E-state index in [1.807, 2.05) is 18.2 Å². The van der Waals surface area contributed by atoms with E-state index in [0.717, 1.165) is 56.3 Å². The summed E-state index contributed by atoms with van der Waals surface area (Å²) >= 11 is 0. The Morgan fingerprint density at radius 2 is 1.44 bits per heavy atom. The minimum absolute atomic E-state index is 0.318. The van der Waals surface area contributed by atoms with Gasteiger partial charge in [-0.25, -0.2) is 0 Å². The molecule has 0 saturated carbocycles. The van der Waals surface area contributed by atoms with Crippen LogP contribution >= 0.6 is 0 Å². The van der Waals surface area contributed by atoms with Crippen molar-refractivity contribution in [1.29, 1.82) is 0 Å². The third-order valence-corrected chi connectivity index (χ3v) is 13.4. The lowest BCUT2D eigenvalue weighted by Crippen LogP contribution is -2.14. The normalized spacial score (nSPS) is 18.1. The Bertz CT molecular complexity index is 3490. The van der Waals surface area contributed by atoms with Crippen LogP contribution in [0.25, 0.3) is 66.8 Å². The standard InChI is InChI=1S/C64H49NO/c1-3-5-20-53(42-44-27-40-63-62(43-44)61-39-35-49-17-8-11-23-58(49)64(61)66-63)65(52-36-32-51(33-37-52)57-25-13-26-59-56-22-10-7-16-48(56)34-38-60(57)59)41-14-19-45(4-2)46-28-30-50(31-29-46)55-24-12-18-47-15-6-9-21-54(47)55/h3-30,32-43,48,50,56H,1-2,31H2/b20-5-,41-14+,45-19+,53-42-. The topological polar surface area (TPSA) is 16.4 Å². The molecule has 1 aromatic heterocycles. The van der Waals surface area contributed by atoms with Crippen molar-refractivity contribution in [1.82, 2.24) is 0 Å². The number of allylic oxidation sites excluding steroid dienone is 16. The molecule has 0 radical (unpaired) electrons. The molecule has 0 bridgehead atoms. The molecule has 3 unspecified atom stereocenters. The van der Waals surface area contributed by atoms with Gasteiger partial charge in [0, 0.05) is 51.5 Å². The van der Waals surface area contributed by atoms with Gasteiger partial charge in [-0.1, -0.05) is 201 Å². The highest BCUT2D eigenvalue weighted by Crippen LogP contribution is 2.42. The third-order valence-electron chi connectivity index (χ3n) is 13.4. The quantitative estimate of drug-likeness (QED) is 0.121. The number of anilines is 1. The van der Waals surface area contributed by atoms with Crippen molar-refractivity contribution < 1.29 is 4.42 Å². The van der Waals surface area contributed by atoms with Crippen molar-refractivity contribution in [2.45, 2.75) is 18.3 Å². The van der Waals surface area contributed by atoms with Crippen LogP contribution in [0.1, 0.15) is 40.5 Å². The molecule has 0 fully saturated rings. The van der Waals surface area contributed by atoms with Crippen molar-refractivity contribution in [2.24, 2.45) is 5.92 Å². The zero-order valence-electron chi connectivity index (χ0n) is 36.8. The van der Waals surface area contributed by atoms with E-state index in [4.69, 9.17) is 4.42 Å². The van der Waals surface area contributed by atoms with E-state index in [0.29, 0.717) is 17.8 Å². The highest BCUT2D eigenvalue weighted by Gasteiger charge is 2.25. The Kier molecular flexibility index (Phi) is 10.9. The number of fused-ring (bicyclic) bond motifs is 9. The van der Waals surface area contributed by atoms with Crippen LogP contribution in [0.4, 0.5) is 5.69 Å². The summed E-state index contributed by atoms with van der Waals surface area (Å²) in [6, 6.07) is 50.2. The average Bonchev–Trinajstić information content (AvgIpc) is 3.76. The summed E-state index contributed by atoms with van der Waals surface area (Å²) in [5.41, 5.74) is 13.5. The van der Waals surface area contributed by atoms with Crippen molar-refractivity contribution in [2.75, 3.05) is 4.90 Å². The summed E-state index contributed by atoms with van der Waals surface area (Å²) in [7, 11) is 0. The average molecular weight is 848 g/mol. The lowest BCUT2D eigenvalue weighted by Gasteiger charge is -2.29. The fourth-order valence-electron chi connectivity index (χ4n) is 10.1. The number of nitrogens with zero attached hydrogens (tertiary/aromatic N) is 1. The van der Waals surface area contributed by atoms with Gasteiger partial charge in [0.25, 0.3) is 0 Å². The highest BCUT2D eigenvalue weighted by atomic mass is 16.3. The molecule has 0 N–H and O–H groups in total. The predicted molar refractivity (Wildman–Crippen MR) is 282 cm³/mol. The number of furan rings is 1. The molecule has 316 valence electrons. The van der Waals surface area contributed by atoms with Crippen LogP contribution in [0.5, 0.6) is 0 Å². The van der Waals surface area contributed by atoms with Crippen molar-refractivity contribution in [3.8, 4) is 11.1 Å². The molecular formula is C64H49NO. The number of hydrogen-bond acceptors (Lipinski definition) is 2. The summed E-state index contributed by atoms with van der Waals surface area (Å²) in [6.45, 7) is 8.30. The SMILES string of the molecule is C=C/C=C\C(=C\c1ccc2oc3c4ccccc4ccc3c2c1)N(/C=C/C=C(\C=C)C1=CCC(c2cccc3ccccc23)C=C1)c1ccc(-c2cccc3c2C=CC2C=CC=CC32)cc1. The van der Waals surface area contributed by atoms with E-state index in [1.54, 1.807) is 0 Å². The molecular weight excluding hydrogens is 799 g/mol. The molecule has 3 aliphatic rings. The molecule has 11 rings (SSSR count). The van der Waals surface area contributed by atoms with Gasteiger partial charge >= 0.3 is 0 Å². The smallest absolute Gasteiger partial charge is 0.143 e. The lowest BCUT2D eigenvalue weighted by molar-refractivity contribution is 0.672. The van der Waals surface area contributed by atoms with Crippen LogP contribution < -0.4 is 4.90 Å². The summed E-state index contributed by atoms with van der Waals surface area (Å²) < 4.78 is 6.49. The van der Waals surface area contributed by atoms with Gasteiger partial charge in [0.15, 0.2) is 0 Å². The van der Waals surface area contributed by atoms with Crippen LogP contribution in [0.15, 0.2) is 265 Å². The summed E-state index contributed by atoms with van der Waals surface area (Å²) in [6.07, 6.45) is 38.1. The van der Waals surface area contributed by atoms with Gasteiger partial charge in [-0.05, 0) is 116 Å². The first kappa shape index (κ1) is 40.6. The maximum absolute atomic E-state index is 6.49. The first-order valence-electron chi connectivity index (χ1n) is 22.9. The van der Waals surface area contributed by atoms with E-state index in [2.05, 4.69) is 243 Å². The third kappa shape index (κ3) is 7.67. The van der Waals surface area contributed by atoms with E-state index in [1.165, 1.54) is 49.5 Å². The van der Waals surface area contributed by atoms with Crippen molar-refractivity contribution in [3.05, 3.63) is 283 Å². The second kappa shape index (κ2) is 17.8. The maximum Gasteiger partial charge on any atom is 0.143 e. The van der Waals surface area contributed by atoms with Crippen molar-refractivity contribution >= 4 is 61.3 Å².